The maximum Gasteiger partial charge on any atom is 0.260 e. The molecule has 3 rings (SSSR count). The van der Waals surface area contributed by atoms with Crippen molar-refractivity contribution in [2.75, 3.05) is 5.73 Å². The number of rotatable bonds is 3. The minimum atomic E-state index is 0.394. The molecule has 0 saturated carbocycles. The van der Waals surface area contributed by atoms with Gasteiger partial charge >= 0.3 is 0 Å². The Morgan fingerprint density at radius 3 is 2.89 bits per heavy atom. The Kier molecular flexibility index (Phi) is 2.89. The quantitative estimate of drug-likeness (QED) is 0.763. The van der Waals surface area contributed by atoms with Gasteiger partial charge < -0.3 is 10.3 Å². The molecule has 3 aromatic rings. The molecule has 0 fully saturated rings. The lowest BCUT2D eigenvalue weighted by molar-refractivity contribution is 0.424. The minimum absolute atomic E-state index is 0.394. The number of aromatic nitrogens is 4. The van der Waals surface area contributed by atoms with Crippen molar-refractivity contribution in [2.24, 2.45) is 0 Å². The second-order valence-electron chi connectivity index (χ2n) is 3.98. The van der Waals surface area contributed by atoms with Gasteiger partial charge in [0, 0.05) is 18.1 Å². The van der Waals surface area contributed by atoms with Crippen LogP contribution in [0.15, 0.2) is 47.4 Å². The Hall–Kier alpha value is -2.76. The molecule has 0 unspecified atom stereocenters. The first-order chi connectivity index (χ1) is 9.33. The van der Waals surface area contributed by atoms with E-state index in [0.29, 0.717) is 29.4 Å². The molecule has 0 aliphatic carbocycles. The Morgan fingerprint density at radius 2 is 2.11 bits per heavy atom. The molecule has 6 nitrogen and oxygen atoms in total. The Morgan fingerprint density at radius 1 is 1.16 bits per heavy atom. The van der Waals surface area contributed by atoms with Gasteiger partial charge in [0.1, 0.15) is 0 Å². The van der Waals surface area contributed by atoms with Crippen LogP contribution >= 0.6 is 0 Å². The smallest absolute Gasteiger partial charge is 0.260 e. The van der Waals surface area contributed by atoms with Crippen LogP contribution in [0.1, 0.15) is 11.5 Å². The van der Waals surface area contributed by atoms with Crippen LogP contribution in [-0.4, -0.2) is 20.1 Å². The van der Waals surface area contributed by atoms with Crippen LogP contribution in [0.25, 0.3) is 11.5 Å². The monoisotopic (exact) mass is 253 g/mol. The molecular weight excluding hydrogens is 242 g/mol. The van der Waals surface area contributed by atoms with Gasteiger partial charge in [0.15, 0.2) is 5.82 Å². The fraction of sp³-hybridized carbons (Fsp3) is 0.0769. The Labute approximate surface area is 109 Å². The van der Waals surface area contributed by atoms with Gasteiger partial charge in [-0.25, -0.2) is 0 Å². The summed E-state index contributed by atoms with van der Waals surface area (Å²) < 4.78 is 5.21. The first kappa shape index (κ1) is 11.3. The van der Waals surface area contributed by atoms with Gasteiger partial charge in [-0.2, -0.15) is 4.98 Å². The predicted octanol–water partition coefficient (Wildman–Crippen LogP) is 1.70. The van der Waals surface area contributed by atoms with Crippen LogP contribution in [-0.2, 0) is 6.42 Å². The zero-order chi connectivity index (χ0) is 13.1. The molecule has 0 spiro atoms. The van der Waals surface area contributed by atoms with Crippen LogP contribution in [0.3, 0.4) is 0 Å². The standard InChI is InChI=1S/C13H11N5O/c14-11-8-15-6-4-10(11)13-17-12(18-19-13)7-9-3-1-2-5-16-9/h1-6,8H,7,14H2. The minimum Gasteiger partial charge on any atom is -0.397 e. The van der Waals surface area contributed by atoms with Gasteiger partial charge in [0.2, 0.25) is 0 Å². The lowest BCUT2D eigenvalue weighted by Gasteiger charge is -1.97. The van der Waals surface area contributed by atoms with Crippen molar-refractivity contribution >= 4 is 5.69 Å². The number of anilines is 1. The molecule has 2 N–H and O–H groups in total. The van der Waals surface area contributed by atoms with E-state index in [4.69, 9.17) is 10.3 Å². The van der Waals surface area contributed by atoms with E-state index in [1.165, 1.54) is 0 Å². The van der Waals surface area contributed by atoms with Crippen LogP contribution in [0.2, 0.25) is 0 Å². The molecule has 0 atom stereocenters. The summed E-state index contributed by atoms with van der Waals surface area (Å²) in [7, 11) is 0. The molecule has 0 saturated heterocycles. The SMILES string of the molecule is Nc1cnccc1-c1nc(Cc2ccccn2)no1. The van der Waals surface area contributed by atoms with Crippen LogP contribution < -0.4 is 5.73 Å². The van der Waals surface area contributed by atoms with E-state index in [1.807, 2.05) is 18.2 Å². The molecule has 6 heteroatoms. The molecule has 3 aromatic heterocycles. The first-order valence-corrected chi connectivity index (χ1v) is 5.75. The van der Waals surface area contributed by atoms with Crippen molar-refractivity contribution in [1.82, 2.24) is 20.1 Å². The van der Waals surface area contributed by atoms with E-state index in [2.05, 4.69) is 20.1 Å². The summed E-state index contributed by atoms with van der Waals surface area (Å²) in [5.74, 6) is 0.968. The lowest BCUT2D eigenvalue weighted by atomic mass is 10.2. The summed E-state index contributed by atoms with van der Waals surface area (Å²) >= 11 is 0. The van der Waals surface area contributed by atoms with Crippen LogP contribution in [0.4, 0.5) is 5.69 Å². The molecule has 0 aromatic carbocycles. The number of nitrogens with zero attached hydrogens (tertiary/aromatic N) is 4. The number of hydrogen-bond donors (Lipinski definition) is 1. The number of nitrogen functional groups attached to an aromatic ring is 1. The average molecular weight is 253 g/mol. The predicted molar refractivity (Wildman–Crippen MR) is 69.0 cm³/mol. The molecule has 94 valence electrons. The third-order valence-corrected chi connectivity index (χ3v) is 2.62. The second-order valence-corrected chi connectivity index (χ2v) is 3.98. The first-order valence-electron chi connectivity index (χ1n) is 5.75. The normalized spacial score (nSPS) is 10.5. The third kappa shape index (κ3) is 2.42. The van der Waals surface area contributed by atoms with Crippen molar-refractivity contribution in [3.05, 3.63) is 54.4 Å². The van der Waals surface area contributed by atoms with Crippen molar-refractivity contribution in [2.45, 2.75) is 6.42 Å². The summed E-state index contributed by atoms with van der Waals surface area (Å²) in [6.07, 6.45) is 5.44. The van der Waals surface area contributed by atoms with Crippen molar-refractivity contribution in [1.29, 1.82) is 0 Å². The summed E-state index contributed by atoms with van der Waals surface area (Å²) in [4.78, 5) is 12.4. The van der Waals surface area contributed by atoms with Gasteiger partial charge in [-0.1, -0.05) is 11.2 Å². The van der Waals surface area contributed by atoms with E-state index in [9.17, 15) is 0 Å². The number of nitrogens with two attached hydrogens (primary N) is 1. The van der Waals surface area contributed by atoms with Gasteiger partial charge in [0.25, 0.3) is 5.89 Å². The Bertz CT molecular complexity index is 680. The van der Waals surface area contributed by atoms with Crippen LogP contribution in [0, 0.1) is 0 Å². The molecule has 19 heavy (non-hydrogen) atoms. The largest absolute Gasteiger partial charge is 0.397 e. The average Bonchev–Trinajstić information content (AvgIpc) is 2.89. The molecule has 0 aliphatic heterocycles. The molecule has 0 bridgehead atoms. The molecular formula is C13H11N5O. The fourth-order valence-electron chi connectivity index (χ4n) is 1.70. The van der Waals surface area contributed by atoms with E-state index in [-0.39, 0.29) is 0 Å². The van der Waals surface area contributed by atoms with Gasteiger partial charge in [-0.05, 0) is 18.2 Å². The van der Waals surface area contributed by atoms with E-state index >= 15 is 0 Å². The highest BCUT2D eigenvalue weighted by molar-refractivity contribution is 5.68. The summed E-state index contributed by atoms with van der Waals surface area (Å²) in [5.41, 5.74) is 7.90. The Balaban J connectivity index is 1.86. The van der Waals surface area contributed by atoms with E-state index in [0.717, 1.165) is 5.69 Å². The number of hydrogen-bond acceptors (Lipinski definition) is 6. The maximum absolute atomic E-state index is 5.81. The highest BCUT2D eigenvalue weighted by Crippen LogP contribution is 2.22. The summed E-state index contributed by atoms with van der Waals surface area (Å²) in [6, 6.07) is 7.44. The maximum atomic E-state index is 5.81. The van der Waals surface area contributed by atoms with Crippen molar-refractivity contribution in [3.63, 3.8) is 0 Å². The third-order valence-electron chi connectivity index (χ3n) is 2.62. The van der Waals surface area contributed by atoms with E-state index in [1.54, 1.807) is 24.7 Å². The fourth-order valence-corrected chi connectivity index (χ4v) is 1.70. The van der Waals surface area contributed by atoms with Gasteiger partial charge in [-0.15, -0.1) is 0 Å². The van der Waals surface area contributed by atoms with Crippen molar-refractivity contribution < 1.29 is 4.52 Å². The zero-order valence-corrected chi connectivity index (χ0v) is 10.0. The van der Waals surface area contributed by atoms with Crippen LogP contribution in [0.5, 0.6) is 0 Å². The molecule has 3 heterocycles. The van der Waals surface area contributed by atoms with Gasteiger partial charge in [-0.3, -0.25) is 9.97 Å². The molecule has 0 radical (unpaired) electrons. The van der Waals surface area contributed by atoms with Crippen molar-refractivity contribution in [3.8, 4) is 11.5 Å². The topological polar surface area (TPSA) is 90.7 Å². The van der Waals surface area contributed by atoms with Gasteiger partial charge in [0.05, 0.1) is 23.9 Å². The summed E-state index contributed by atoms with van der Waals surface area (Å²) in [5, 5.41) is 3.93. The highest BCUT2D eigenvalue weighted by Gasteiger charge is 2.12. The zero-order valence-electron chi connectivity index (χ0n) is 10.0. The van der Waals surface area contributed by atoms with E-state index < -0.39 is 0 Å². The number of pyridine rings is 2. The summed E-state index contributed by atoms with van der Waals surface area (Å²) in [6.45, 7) is 0. The molecule has 0 aliphatic rings. The lowest BCUT2D eigenvalue weighted by Crippen LogP contribution is -1.94. The molecule has 0 amide bonds. The second kappa shape index (κ2) is 4.85. The highest BCUT2D eigenvalue weighted by atomic mass is 16.5.